The molecule has 2 rings (SSSR count). The lowest BCUT2D eigenvalue weighted by Gasteiger charge is -2.35. The summed E-state index contributed by atoms with van der Waals surface area (Å²) in [5.41, 5.74) is 5.29. The molecule has 0 aromatic heterocycles. The van der Waals surface area contributed by atoms with Crippen molar-refractivity contribution in [3.05, 3.63) is 0 Å². The number of primary amides is 1. The quantitative estimate of drug-likeness (QED) is 0.790. The van der Waals surface area contributed by atoms with E-state index in [0.29, 0.717) is 18.8 Å². The number of carbonyl (C=O) groups excluding carboxylic acids is 2. The molecule has 0 radical (unpaired) electrons. The van der Waals surface area contributed by atoms with Crippen LogP contribution in [0.1, 0.15) is 51.4 Å². The summed E-state index contributed by atoms with van der Waals surface area (Å²) in [6.45, 7) is 2.95. The van der Waals surface area contributed by atoms with Crippen molar-refractivity contribution in [1.29, 1.82) is 0 Å². The third-order valence-corrected chi connectivity index (χ3v) is 4.61. The molecule has 1 unspecified atom stereocenters. The maximum absolute atomic E-state index is 12.4. The van der Waals surface area contributed by atoms with Gasteiger partial charge in [0.2, 0.25) is 11.8 Å². The van der Waals surface area contributed by atoms with Crippen molar-refractivity contribution < 1.29 is 9.59 Å². The van der Waals surface area contributed by atoms with Gasteiger partial charge in [-0.05, 0) is 57.5 Å². The molecule has 114 valence electrons. The van der Waals surface area contributed by atoms with Gasteiger partial charge in [-0.3, -0.25) is 9.59 Å². The molecule has 20 heavy (non-hydrogen) atoms. The molecule has 5 nitrogen and oxygen atoms in total. The predicted octanol–water partition coefficient (Wildman–Crippen LogP) is 1.02. The third-order valence-electron chi connectivity index (χ3n) is 4.61. The van der Waals surface area contributed by atoms with Gasteiger partial charge in [0.25, 0.3) is 0 Å². The molecular weight excluding hydrogens is 254 g/mol. The average molecular weight is 281 g/mol. The summed E-state index contributed by atoms with van der Waals surface area (Å²) in [5.74, 6) is 0.599. The second-order valence-electron chi connectivity index (χ2n) is 6.14. The van der Waals surface area contributed by atoms with E-state index >= 15 is 0 Å². The Morgan fingerprint density at radius 2 is 1.90 bits per heavy atom. The number of hydrogen-bond donors (Lipinski definition) is 2. The molecule has 0 aromatic carbocycles. The van der Waals surface area contributed by atoms with Gasteiger partial charge < -0.3 is 16.0 Å². The number of carbonyl (C=O) groups is 2. The highest BCUT2D eigenvalue weighted by Gasteiger charge is 2.28. The largest absolute Gasteiger partial charge is 0.370 e. The Bertz CT molecular complexity index is 340. The van der Waals surface area contributed by atoms with E-state index in [1.807, 2.05) is 4.90 Å². The van der Waals surface area contributed by atoms with Crippen LogP contribution in [-0.2, 0) is 9.59 Å². The lowest BCUT2D eigenvalue weighted by atomic mass is 9.92. The molecule has 5 heteroatoms. The number of likely N-dealkylation sites (tertiary alicyclic amines) is 1. The summed E-state index contributed by atoms with van der Waals surface area (Å²) in [7, 11) is 0. The highest BCUT2D eigenvalue weighted by atomic mass is 16.2. The fourth-order valence-electron chi connectivity index (χ4n) is 3.41. The molecule has 2 aliphatic heterocycles. The van der Waals surface area contributed by atoms with E-state index in [9.17, 15) is 9.59 Å². The van der Waals surface area contributed by atoms with E-state index in [0.717, 1.165) is 45.3 Å². The Kier molecular flexibility index (Phi) is 5.83. The van der Waals surface area contributed by atoms with E-state index < -0.39 is 0 Å². The Morgan fingerprint density at radius 1 is 1.15 bits per heavy atom. The number of nitrogens with zero attached hydrogens (tertiary/aromatic N) is 1. The van der Waals surface area contributed by atoms with E-state index in [-0.39, 0.29) is 17.9 Å². The summed E-state index contributed by atoms with van der Waals surface area (Å²) in [6.07, 6.45) is 7.35. The molecule has 2 heterocycles. The molecule has 2 fully saturated rings. The summed E-state index contributed by atoms with van der Waals surface area (Å²) in [4.78, 5) is 25.4. The zero-order chi connectivity index (χ0) is 14.4. The Balaban J connectivity index is 1.80. The standard InChI is InChI=1S/C15H27N3O2/c16-14(19)11-13-3-1-2-10-18(13)15(20)5-4-12-6-8-17-9-7-12/h12-13,17H,1-11H2,(H2,16,19). The van der Waals surface area contributed by atoms with Crippen molar-refractivity contribution in [1.82, 2.24) is 10.2 Å². The summed E-state index contributed by atoms with van der Waals surface area (Å²) >= 11 is 0. The number of hydrogen-bond acceptors (Lipinski definition) is 3. The van der Waals surface area contributed by atoms with Gasteiger partial charge in [-0.25, -0.2) is 0 Å². The van der Waals surface area contributed by atoms with Crippen LogP contribution in [0.15, 0.2) is 0 Å². The number of amides is 2. The molecule has 0 saturated carbocycles. The number of nitrogens with two attached hydrogens (primary N) is 1. The van der Waals surface area contributed by atoms with E-state index in [1.54, 1.807) is 0 Å². The molecule has 0 bridgehead atoms. The van der Waals surface area contributed by atoms with Crippen molar-refractivity contribution >= 4 is 11.8 Å². The van der Waals surface area contributed by atoms with Crippen molar-refractivity contribution in [3.8, 4) is 0 Å². The zero-order valence-electron chi connectivity index (χ0n) is 12.3. The summed E-state index contributed by atoms with van der Waals surface area (Å²) < 4.78 is 0. The normalized spacial score (nSPS) is 24.6. The lowest BCUT2D eigenvalue weighted by molar-refractivity contribution is -0.136. The van der Waals surface area contributed by atoms with Gasteiger partial charge in [0.1, 0.15) is 0 Å². The van der Waals surface area contributed by atoms with E-state index in [4.69, 9.17) is 5.73 Å². The maximum atomic E-state index is 12.4. The van der Waals surface area contributed by atoms with Crippen LogP contribution in [0.3, 0.4) is 0 Å². The summed E-state index contributed by atoms with van der Waals surface area (Å²) in [6, 6.07) is 0.0433. The Morgan fingerprint density at radius 3 is 2.60 bits per heavy atom. The second-order valence-corrected chi connectivity index (χ2v) is 6.14. The van der Waals surface area contributed by atoms with Gasteiger partial charge >= 0.3 is 0 Å². The van der Waals surface area contributed by atoms with Gasteiger partial charge in [-0.15, -0.1) is 0 Å². The molecule has 0 aliphatic carbocycles. The summed E-state index contributed by atoms with van der Waals surface area (Å²) in [5, 5.41) is 3.35. The fourth-order valence-corrected chi connectivity index (χ4v) is 3.41. The van der Waals surface area contributed by atoms with Crippen LogP contribution in [0, 0.1) is 5.92 Å². The van der Waals surface area contributed by atoms with Crippen LogP contribution in [0.25, 0.3) is 0 Å². The van der Waals surface area contributed by atoms with E-state index in [2.05, 4.69) is 5.32 Å². The average Bonchev–Trinajstić information content (AvgIpc) is 2.46. The molecular formula is C15H27N3O2. The first-order valence-corrected chi connectivity index (χ1v) is 7.95. The van der Waals surface area contributed by atoms with Crippen LogP contribution in [-0.4, -0.2) is 42.4 Å². The molecule has 1 atom stereocenters. The lowest BCUT2D eigenvalue weighted by Crippen LogP contribution is -2.45. The third kappa shape index (κ3) is 4.47. The van der Waals surface area contributed by atoms with Crippen LogP contribution in [0.5, 0.6) is 0 Å². The number of rotatable bonds is 5. The first-order chi connectivity index (χ1) is 9.66. The van der Waals surface area contributed by atoms with Crippen LogP contribution < -0.4 is 11.1 Å². The van der Waals surface area contributed by atoms with Crippen molar-refractivity contribution in [2.24, 2.45) is 11.7 Å². The fraction of sp³-hybridized carbons (Fsp3) is 0.867. The topological polar surface area (TPSA) is 75.4 Å². The van der Waals surface area contributed by atoms with Crippen molar-refractivity contribution in [3.63, 3.8) is 0 Å². The number of nitrogens with one attached hydrogen (secondary N) is 1. The monoisotopic (exact) mass is 281 g/mol. The Labute approximate surface area is 121 Å². The molecule has 2 aliphatic rings. The van der Waals surface area contributed by atoms with Crippen molar-refractivity contribution in [2.75, 3.05) is 19.6 Å². The first-order valence-electron chi connectivity index (χ1n) is 7.95. The molecule has 0 aromatic rings. The van der Waals surface area contributed by atoms with E-state index in [1.165, 1.54) is 12.8 Å². The second kappa shape index (κ2) is 7.62. The van der Waals surface area contributed by atoms with Gasteiger partial charge in [-0.2, -0.15) is 0 Å². The molecule has 2 saturated heterocycles. The van der Waals surface area contributed by atoms with Gasteiger partial charge in [-0.1, -0.05) is 0 Å². The number of piperidine rings is 2. The minimum absolute atomic E-state index is 0.0433. The van der Waals surface area contributed by atoms with Gasteiger partial charge in [0, 0.05) is 25.4 Å². The molecule has 3 N–H and O–H groups in total. The minimum Gasteiger partial charge on any atom is -0.370 e. The first kappa shape index (κ1) is 15.3. The van der Waals surface area contributed by atoms with Gasteiger partial charge in [0.05, 0.1) is 0 Å². The maximum Gasteiger partial charge on any atom is 0.222 e. The predicted molar refractivity (Wildman–Crippen MR) is 78.0 cm³/mol. The zero-order valence-corrected chi connectivity index (χ0v) is 12.3. The van der Waals surface area contributed by atoms with Crippen LogP contribution in [0.2, 0.25) is 0 Å². The molecule has 2 amide bonds. The highest BCUT2D eigenvalue weighted by Crippen LogP contribution is 2.23. The Hall–Kier alpha value is -1.10. The highest BCUT2D eigenvalue weighted by molar-refractivity contribution is 5.79. The van der Waals surface area contributed by atoms with Gasteiger partial charge in [0.15, 0.2) is 0 Å². The van der Waals surface area contributed by atoms with Crippen LogP contribution >= 0.6 is 0 Å². The molecule has 0 spiro atoms. The van der Waals surface area contributed by atoms with Crippen molar-refractivity contribution in [2.45, 2.75) is 57.4 Å². The minimum atomic E-state index is -0.298. The SMILES string of the molecule is NC(=O)CC1CCCCN1C(=O)CCC1CCNCC1. The smallest absolute Gasteiger partial charge is 0.222 e. The van der Waals surface area contributed by atoms with Crippen LogP contribution in [0.4, 0.5) is 0 Å².